The highest BCUT2D eigenvalue weighted by atomic mass is 32.1. The standard InChI is InChI=1S/C20H19N3O2S2/c1-11-13(4-5-14(21-11)12-6-7-26-10-12)18(25)23-19-22-15-8-20(2,3)9-16(24)17(15)27-19/h4-7,10H,8-9H2,1-3H3,(H,22,23,25). The number of aryl methyl sites for hydroxylation is 1. The lowest BCUT2D eigenvalue weighted by Crippen LogP contribution is -2.26. The Hall–Kier alpha value is -2.38. The zero-order chi connectivity index (χ0) is 19.2. The van der Waals surface area contributed by atoms with E-state index < -0.39 is 0 Å². The van der Waals surface area contributed by atoms with Gasteiger partial charge in [-0.25, -0.2) is 4.98 Å². The molecule has 7 heteroatoms. The van der Waals surface area contributed by atoms with Crippen LogP contribution >= 0.6 is 22.7 Å². The smallest absolute Gasteiger partial charge is 0.259 e. The summed E-state index contributed by atoms with van der Waals surface area (Å²) in [4.78, 5) is 34.7. The third-order valence-electron chi connectivity index (χ3n) is 4.60. The fraction of sp³-hybridized carbons (Fsp3) is 0.300. The minimum Gasteiger partial charge on any atom is -0.298 e. The number of thiophene rings is 1. The number of rotatable bonds is 3. The molecule has 1 aliphatic rings. The van der Waals surface area contributed by atoms with Gasteiger partial charge in [0.2, 0.25) is 0 Å². The van der Waals surface area contributed by atoms with Crippen LogP contribution in [0.3, 0.4) is 0 Å². The van der Waals surface area contributed by atoms with Gasteiger partial charge in [0, 0.05) is 17.4 Å². The minimum atomic E-state index is -0.255. The molecule has 0 bridgehead atoms. The number of pyridine rings is 1. The predicted molar refractivity (Wildman–Crippen MR) is 109 cm³/mol. The normalized spacial score (nSPS) is 15.4. The monoisotopic (exact) mass is 397 g/mol. The number of Topliss-reactive ketones (excluding diaryl/α,β-unsaturated/α-hetero) is 1. The Labute approximate surface area is 165 Å². The molecule has 27 heavy (non-hydrogen) atoms. The highest BCUT2D eigenvalue weighted by molar-refractivity contribution is 7.17. The van der Waals surface area contributed by atoms with E-state index in [1.54, 1.807) is 17.4 Å². The summed E-state index contributed by atoms with van der Waals surface area (Å²) in [6.45, 7) is 5.95. The van der Waals surface area contributed by atoms with E-state index in [0.717, 1.165) is 23.4 Å². The molecule has 0 aliphatic heterocycles. The van der Waals surface area contributed by atoms with Gasteiger partial charge in [0.1, 0.15) is 0 Å². The van der Waals surface area contributed by atoms with E-state index in [-0.39, 0.29) is 17.1 Å². The molecule has 138 valence electrons. The van der Waals surface area contributed by atoms with Gasteiger partial charge in [-0.1, -0.05) is 25.2 Å². The summed E-state index contributed by atoms with van der Waals surface area (Å²) in [5.41, 5.74) is 3.77. The average Bonchev–Trinajstić information content (AvgIpc) is 3.23. The summed E-state index contributed by atoms with van der Waals surface area (Å²) in [6, 6.07) is 5.64. The molecular formula is C20H19N3O2S2. The summed E-state index contributed by atoms with van der Waals surface area (Å²) in [5, 5.41) is 7.33. The molecule has 0 radical (unpaired) electrons. The first-order chi connectivity index (χ1) is 12.8. The van der Waals surface area contributed by atoms with Gasteiger partial charge < -0.3 is 0 Å². The number of nitrogens with one attached hydrogen (secondary N) is 1. The fourth-order valence-corrected chi connectivity index (χ4v) is 4.87. The third kappa shape index (κ3) is 3.57. The van der Waals surface area contributed by atoms with E-state index >= 15 is 0 Å². The fourth-order valence-electron chi connectivity index (χ4n) is 3.31. The maximum absolute atomic E-state index is 12.7. The second kappa shape index (κ2) is 6.65. The molecule has 3 heterocycles. The number of amides is 1. The SMILES string of the molecule is Cc1nc(-c2ccsc2)ccc1C(=O)Nc1nc2c(s1)C(=O)CC(C)(C)C2. The van der Waals surface area contributed by atoms with Crippen molar-refractivity contribution in [3.8, 4) is 11.3 Å². The van der Waals surface area contributed by atoms with Gasteiger partial charge >= 0.3 is 0 Å². The Morgan fingerprint density at radius 3 is 2.70 bits per heavy atom. The predicted octanol–water partition coefficient (Wildman–Crippen LogP) is 4.98. The Morgan fingerprint density at radius 2 is 2.00 bits per heavy atom. The van der Waals surface area contributed by atoms with Crippen LogP contribution in [0.15, 0.2) is 29.0 Å². The Morgan fingerprint density at radius 1 is 1.19 bits per heavy atom. The molecule has 5 nitrogen and oxygen atoms in total. The molecule has 0 saturated carbocycles. The van der Waals surface area contributed by atoms with Gasteiger partial charge in [-0.3, -0.25) is 19.9 Å². The molecule has 0 unspecified atom stereocenters. The zero-order valence-electron chi connectivity index (χ0n) is 15.3. The topological polar surface area (TPSA) is 72.0 Å². The van der Waals surface area contributed by atoms with Crippen molar-refractivity contribution in [3.05, 3.63) is 50.8 Å². The van der Waals surface area contributed by atoms with E-state index in [4.69, 9.17) is 0 Å². The molecule has 1 N–H and O–H groups in total. The van der Waals surface area contributed by atoms with Crippen molar-refractivity contribution >= 4 is 39.5 Å². The van der Waals surface area contributed by atoms with Crippen molar-refractivity contribution in [2.24, 2.45) is 5.41 Å². The quantitative estimate of drug-likeness (QED) is 0.676. The molecule has 0 saturated heterocycles. The van der Waals surface area contributed by atoms with Gasteiger partial charge in [-0.15, -0.1) is 0 Å². The molecule has 0 spiro atoms. The zero-order valence-corrected chi connectivity index (χ0v) is 17.0. The third-order valence-corrected chi connectivity index (χ3v) is 6.34. The summed E-state index contributed by atoms with van der Waals surface area (Å²) in [5.74, 6) is -0.146. The molecule has 4 rings (SSSR count). The summed E-state index contributed by atoms with van der Waals surface area (Å²) in [7, 11) is 0. The van der Waals surface area contributed by atoms with Crippen LogP contribution in [0, 0.1) is 12.3 Å². The van der Waals surface area contributed by atoms with Crippen molar-refractivity contribution < 1.29 is 9.59 Å². The molecule has 1 aliphatic carbocycles. The van der Waals surface area contributed by atoms with E-state index in [2.05, 4.69) is 29.1 Å². The first-order valence-electron chi connectivity index (χ1n) is 8.67. The maximum atomic E-state index is 12.7. The average molecular weight is 398 g/mol. The number of aromatic nitrogens is 2. The summed E-state index contributed by atoms with van der Waals surface area (Å²) < 4.78 is 0. The van der Waals surface area contributed by atoms with Gasteiger partial charge in [-0.05, 0) is 42.3 Å². The van der Waals surface area contributed by atoms with Crippen LogP contribution in [0.2, 0.25) is 0 Å². The maximum Gasteiger partial charge on any atom is 0.259 e. The first-order valence-corrected chi connectivity index (χ1v) is 10.4. The van der Waals surface area contributed by atoms with Gasteiger partial charge in [0.15, 0.2) is 10.9 Å². The van der Waals surface area contributed by atoms with E-state index in [1.165, 1.54) is 11.3 Å². The lowest BCUT2D eigenvalue weighted by molar-refractivity contribution is 0.0915. The van der Waals surface area contributed by atoms with Gasteiger partial charge in [0.25, 0.3) is 5.91 Å². The van der Waals surface area contributed by atoms with Crippen LogP contribution < -0.4 is 5.32 Å². The molecule has 0 atom stereocenters. The Kier molecular flexibility index (Phi) is 4.44. The molecule has 3 aromatic heterocycles. The number of carbonyl (C=O) groups is 2. The minimum absolute atomic E-state index is 0.0859. The number of hydrogen-bond acceptors (Lipinski definition) is 6. The van der Waals surface area contributed by atoms with Gasteiger partial charge in [-0.2, -0.15) is 11.3 Å². The second-order valence-electron chi connectivity index (χ2n) is 7.53. The first kappa shape index (κ1) is 18.0. The number of thiazole rings is 1. The highest BCUT2D eigenvalue weighted by Crippen LogP contribution is 2.38. The number of nitrogens with zero attached hydrogens (tertiary/aromatic N) is 2. The van der Waals surface area contributed by atoms with E-state index in [9.17, 15) is 9.59 Å². The van der Waals surface area contributed by atoms with Crippen LogP contribution in [0.4, 0.5) is 5.13 Å². The van der Waals surface area contributed by atoms with Crippen LogP contribution in [-0.4, -0.2) is 21.7 Å². The van der Waals surface area contributed by atoms with Crippen molar-refractivity contribution in [2.45, 2.75) is 33.6 Å². The van der Waals surface area contributed by atoms with E-state index in [0.29, 0.717) is 27.7 Å². The number of hydrogen-bond donors (Lipinski definition) is 1. The number of fused-ring (bicyclic) bond motifs is 1. The Balaban J connectivity index is 1.56. The lowest BCUT2D eigenvalue weighted by Gasteiger charge is -2.26. The number of ketones is 1. The van der Waals surface area contributed by atoms with Crippen molar-refractivity contribution in [3.63, 3.8) is 0 Å². The number of carbonyl (C=O) groups excluding carboxylic acids is 2. The largest absolute Gasteiger partial charge is 0.298 e. The Bertz CT molecular complexity index is 1040. The molecule has 0 fully saturated rings. The van der Waals surface area contributed by atoms with Crippen molar-refractivity contribution in [1.29, 1.82) is 0 Å². The van der Waals surface area contributed by atoms with Crippen LogP contribution in [0.25, 0.3) is 11.3 Å². The number of anilines is 1. The van der Waals surface area contributed by atoms with Crippen molar-refractivity contribution in [2.75, 3.05) is 5.32 Å². The van der Waals surface area contributed by atoms with Crippen molar-refractivity contribution in [1.82, 2.24) is 9.97 Å². The van der Waals surface area contributed by atoms with Crippen LogP contribution in [-0.2, 0) is 6.42 Å². The second-order valence-corrected chi connectivity index (χ2v) is 9.31. The molecule has 1 amide bonds. The van der Waals surface area contributed by atoms with Gasteiger partial charge in [0.05, 0.1) is 27.5 Å². The molecular weight excluding hydrogens is 378 g/mol. The highest BCUT2D eigenvalue weighted by Gasteiger charge is 2.34. The molecule has 0 aromatic carbocycles. The van der Waals surface area contributed by atoms with Crippen LogP contribution in [0.5, 0.6) is 0 Å². The van der Waals surface area contributed by atoms with E-state index in [1.807, 2.05) is 29.8 Å². The lowest BCUT2D eigenvalue weighted by atomic mass is 9.78. The van der Waals surface area contributed by atoms with Crippen LogP contribution in [0.1, 0.15) is 51.7 Å². The summed E-state index contributed by atoms with van der Waals surface area (Å²) >= 11 is 2.87. The molecule has 3 aromatic rings. The summed E-state index contributed by atoms with van der Waals surface area (Å²) in [6.07, 6.45) is 1.26.